The number of ether oxygens (including phenoxy) is 1. The Balaban J connectivity index is 0.00000380. The molecule has 0 aliphatic heterocycles. The van der Waals surface area contributed by atoms with E-state index in [2.05, 4.69) is 16.0 Å². The van der Waals surface area contributed by atoms with Gasteiger partial charge in [-0.1, -0.05) is 12.2 Å². The zero-order chi connectivity index (χ0) is 26.1. The Kier molecular flexibility index (Phi) is 9.22. The number of allylic oxidation sites excluding steroid dienone is 2. The van der Waals surface area contributed by atoms with Gasteiger partial charge in [0.15, 0.2) is 17.2 Å². The van der Waals surface area contributed by atoms with Crippen molar-refractivity contribution in [3.63, 3.8) is 0 Å². The third-order valence-electron chi connectivity index (χ3n) is 6.80. The predicted octanol–water partition coefficient (Wildman–Crippen LogP) is 0.709. The normalized spacial score (nSPS) is 16.7. The first-order valence-electron chi connectivity index (χ1n) is 11.7. The fourth-order valence-corrected chi connectivity index (χ4v) is 4.85. The molecule has 4 rings (SSSR count). The van der Waals surface area contributed by atoms with Gasteiger partial charge in [0.25, 0.3) is 17.4 Å². The number of hydrogen-bond acceptors (Lipinski definition) is 8. The number of carbonyl (C=O) groups is 2. The molecule has 2 aliphatic carbocycles. The number of aryl methyl sites for hydroxylation is 1. The van der Waals surface area contributed by atoms with Crippen molar-refractivity contribution in [2.24, 2.45) is 7.05 Å². The average Bonchev–Trinajstić information content (AvgIpc) is 3.48. The van der Waals surface area contributed by atoms with Crippen LogP contribution < -0.4 is 26.2 Å². The number of aromatic nitrogens is 1. The minimum Gasteiger partial charge on any atom is -0.504 e. The van der Waals surface area contributed by atoms with Gasteiger partial charge in [-0.3, -0.25) is 14.4 Å². The Hall–Kier alpha value is -2.67. The maximum atomic E-state index is 12.8. The molecule has 2 atom stereocenters. The van der Waals surface area contributed by atoms with Crippen molar-refractivity contribution < 1.29 is 69.6 Å². The minimum atomic E-state index is -0.641. The standard InChI is InChI=1S/C25H30N4O7.Gd/c1-12-10-15(19(30)25(35)29(12)2)23(33)27-8-6-26-7-9-28-24(34)18-21(32)20(31)16-13-4-5-14(11-13)17(16)22(18)36-3;/h4-5,10,13-14,26,30-32H,6-9,11H2,1-3H3,(H,27,33)(H,28,34);. The summed E-state index contributed by atoms with van der Waals surface area (Å²) >= 11 is 0. The number of aromatic hydroxyl groups is 3. The molecule has 0 saturated carbocycles. The second kappa shape index (κ2) is 11.8. The Morgan fingerprint density at radius 3 is 2.19 bits per heavy atom. The van der Waals surface area contributed by atoms with Gasteiger partial charge in [0.1, 0.15) is 11.3 Å². The Morgan fingerprint density at radius 1 is 0.973 bits per heavy atom. The maximum absolute atomic E-state index is 12.8. The van der Waals surface area contributed by atoms with Crippen LogP contribution in [0.15, 0.2) is 23.0 Å². The molecule has 2 amide bonds. The SMILES string of the molecule is COc1c(C(=O)NCCNCCNC(=O)c2cc(C)n(C)c(=O)c2O)c(O)c(O)c2c1C1C=CC2C1.[Gd]. The van der Waals surface area contributed by atoms with Crippen molar-refractivity contribution in [1.82, 2.24) is 20.5 Å². The van der Waals surface area contributed by atoms with Crippen molar-refractivity contribution in [2.75, 3.05) is 33.3 Å². The average molecular weight is 656 g/mol. The monoisotopic (exact) mass is 656 g/mol. The molecule has 0 fully saturated rings. The number of nitrogens with one attached hydrogen (secondary N) is 3. The largest absolute Gasteiger partial charge is 0.504 e. The van der Waals surface area contributed by atoms with Crippen molar-refractivity contribution in [3.05, 3.63) is 56.5 Å². The van der Waals surface area contributed by atoms with Gasteiger partial charge in [-0.25, -0.2) is 0 Å². The van der Waals surface area contributed by atoms with Crippen LogP contribution in [0.1, 0.15) is 55.8 Å². The molecule has 11 nitrogen and oxygen atoms in total. The topological polar surface area (TPSA) is 162 Å². The smallest absolute Gasteiger partial charge is 0.293 e. The number of phenols is 2. The first-order valence-corrected chi connectivity index (χ1v) is 11.7. The van der Waals surface area contributed by atoms with Crippen molar-refractivity contribution in [2.45, 2.75) is 25.2 Å². The van der Waals surface area contributed by atoms with Crippen LogP contribution in [0, 0.1) is 46.9 Å². The molecule has 200 valence electrons. The summed E-state index contributed by atoms with van der Waals surface area (Å²) in [5.41, 5.74) is 1.09. The molecule has 0 saturated heterocycles. The number of benzene rings is 1. The molecular weight excluding hydrogens is 626 g/mol. The number of hydrogen-bond donors (Lipinski definition) is 6. The summed E-state index contributed by atoms with van der Waals surface area (Å²) in [6.07, 6.45) is 4.80. The molecular formula is C25H30GdN4O7. The van der Waals surface area contributed by atoms with E-state index < -0.39 is 28.9 Å². The number of amides is 2. The van der Waals surface area contributed by atoms with Crippen LogP contribution in [0.3, 0.4) is 0 Å². The molecule has 2 bridgehead atoms. The van der Waals surface area contributed by atoms with Crippen molar-refractivity contribution in [1.29, 1.82) is 0 Å². The first kappa shape index (κ1) is 28.9. The molecule has 1 aromatic carbocycles. The van der Waals surface area contributed by atoms with E-state index in [1.165, 1.54) is 24.8 Å². The molecule has 0 radical (unpaired) electrons. The van der Waals surface area contributed by atoms with Crippen LogP contribution in [-0.2, 0) is 7.05 Å². The number of carbonyl (C=O) groups excluding carboxylic acids is 2. The molecule has 0 spiro atoms. The van der Waals surface area contributed by atoms with Crippen LogP contribution in [-0.4, -0.2) is 65.0 Å². The quantitative estimate of drug-likeness (QED) is 0.131. The van der Waals surface area contributed by atoms with E-state index in [0.717, 1.165) is 12.0 Å². The number of pyridine rings is 1. The van der Waals surface area contributed by atoms with Gasteiger partial charge in [0, 0.05) is 102 Å². The molecule has 2 aromatic rings. The zero-order valence-corrected chi connectivity index (χ0v) is 23.0. The van der Waals surface area contributed by atoms with Crippen LogP contribution in [0.25, 0.3) is 0 Å². The van der Waals surface area contributed by atoms with E-state index in [1.54, 1.807) is 6.92 Å². The fourth-order valence-electron chi connectivity index (χ4n) is 4.85. The second-order valence-corrected chi connectivity index (χ2v) is 8.94. The Bertz CT molecular complexity index is 1320. The molecule has 6 N–H and O–H groups in total. The number of rotatable bonds is 9. The molecule has 37 heavy (non-hydrogen) atoms. The van der Waals surface area contributed by atoms with Gasteiger partial charge in [-0.2, -0.15) is 0 Å². The Morgan fingerprint density at radius 2 is 1.57 bits per heavy atom. The summed E-state index contributed by atoms with van der Waals surface area (Å²) in [6.45, 7) is 2.84. The summed E-state index contributed by atoms with van der Waals surface area (Å²) in [5.74, 6) is -2.18. The summed E-state index contributed by atoms with van der Waals surface area (Å²) in [4.78, 5) is 37.1. The molecule has 1 heterocycles. The van der Waals surface area contributed by atoms with Gasteiger partial charge in [-0.05, 0) is 19.4 Å². The van der Waals surface area contributed by atoms with E-state index in [0.29, 0.717) is 24.3 Å². The number of fused-ring (bicyclic) bond motifs is 5. The van der Waals surface area contributed by atoms with E-state index in [4.69, 9.17) is 4.74 Å². The van der Waals surface area contributed by atoms with E-state index in [1.807, 2.05) is 12.2 Å². The van der Waals surface area contributed by atoms with Crippen LogP contribution >= 0.6 is 0 Å². The van der Waals surface area contributed by atoms with Gasteiger partial charge in [-0.15, -0.1) is 0 Å². The van der Waals surface area contributed by atoms with Crippen molar-refractivity contribution >= 4 is 11.8 Å². The van der Waals surface area contributed by atoms with Gasteiger partial charge >= 0.3 is 0 Å². The van der Waals surface area contributed by atoms with E-state index >= 15 is 0 Å². The van der Waals surface area contributed by atoms with Crippen molar-refractivity contribution in [3.8, 4) is 23.0 Å². The summed E-state index contributed by atoms with van der Waals surface area (Å²) < 4.78 is 6.74. The number of methoxy groups -OCH3 is 1. The Labute approximate surface area is 245 Å². The van der Waals surface area contributed by atoms with E-state index in [9.17, 15) is 29.7 Å². The van der Waals surface area contributed by atoms with Crippen LogP contribution in [0.4, 0.5) is 0 Å². The van der Waals surface area contributed by atoms with E-state index in [-0.39, 0.29) is 87.5 Å². The summed E-state index contributed by atoms with van der Waals surface area (Å²) in [6, 6.07) is 1.44. The summed E-state index contributed by atoms with van der Waals surface area (Å²) in [5, 5.41) is 39.4. The van der Waals surface area contributed by atoms with Crippen LogP contribution in [0.2, 0.25) is 0 Å². The van der Waals surface area contributed by atoms with Gasteiger partial charge in [0.2, 0.25) is 0 Å². The molecule has 2 unspecified atom stereocenters. The minimum absolute atomic E-state index is 0. The third-order valence-corrected chi connectivity index (χ3v) is 6.80. The molecule has 2 aliphatic rings. The number of phenolic OH excluding ortho intramolecular Hbond substituents is 2. The van der Waals surface area contributed by atoms with Gasteiger partial charge in [0.05, 0.1) is 12.7 Å². The molecule has 1 aromatic heterocycles. The molecule has 12 heteroatoms. The maximum Gasteiger partial charge on any atom is 0.293 e. The number of nitrogens with zero attached hydrogens (tertiary/aromatic N) is 1. The first-order chi connectivity index (χ1) is 17.2. The summed E-state index contributed by atoms with van der Waals surface area (Å²) in [7, 11) is 2.94. The second-order valence-electron chi connectivity index (χ2n) is 8.94. The predicted molar refractivity (Wildman–Crippen MR) is 131 cm³/mol. The van der Waals surface area contributed by atoms with Gasteiger partial charge < -0.3 is 40.6 Å². The zero-order valence-electron chi connectivity index (χ0n) is 20.7. The van der Waals surface area contributed by atoms with Crippen LogP contribution in [0.5, 0.6) is 23.0 Å². The third kappa shape index (κ3) is 5.33. The fraction of sp³-hybridized carbons (Fsp3) is 0.400.